The summed E-state index contributed by atoms with van der Waals surface area (Å²) in [5.41, 5.74) is 2.24. The highest BCUT2D eigenvalue weighted by atomic mass is 32.2. The van der Waals surface area contributed by atoms with Crippen molar-refractivity contribution in [2.75, 3.05) is 5.75 Å². The SMILES string of the molecule is C=CC(C)N1Cc2ccccc2C(CSc2ccc(OC(C)(C)C(=O)O)cc2)=N1. The molecule has 0 amide bonds. The molecule has 29 heavy (non-hydrogen) atoms. The maximum Gasteiger partial charge on any atom is 0.347 e. The molecule has 152 valence electrons. The predicted molar refractivity (Wildman–Crippen MR) is 118 cm³/mol. The Kier molecular flexibility index (Phi) is 6.33. The van der Waals surface area contributed by atoms with Gasteiger partial charge in [-0.3, -0.25) is 5.01 Å². The molecule has 5 nitrogen and oxygen atoms in total. The van der Waals surface area contributed by atoms with Crippen LogP contribution < -0.4 is 4.74 Å². The Morgan fingerprint density at radius 1 is 1.31 bits per heavy atom. The van der Waals surface area contributed by atoms with Crippen LogP contribution >= 0.6 is 11.8 Å². The summed E-state index contributed by atoms with van der Waals surface area (Å²) in [6, 6.07) is 16.0. The fourth-order valence-electron chi connectivity index (χ4n) is 2.92. The number of aliphatic carboxylic acids is 1. The highest BCUT2D eigenvalue weighted by Crippen LogP contribution is 2.28. The van der Waals surface area contributed by atoms with Crippen molar-refractivity contribution in [1.82, 2.24) is 5.01 Å². The van der Waals surface area contributed by atoms with Crippen molar-refractivity contribution in [3.05, 3.63) is 72.3 Å². The second kappa shape index (κ2) is 8.74. The number of thioether (sulfide) groups is 1. The van der Waals surface area contributed by atoms with Gasteiger partial charge in [0.25, 0.3) is 0 Å². The Morgan fingerprint density at radius 3 is 2.66 bits per heavy atom. The Hall–Kier alpha value is -2.73. The van der Waals surface area contributed by atoms with E-state index in [0.29, 0.717) is 5.75 Å². The van der Waals surface area contributed by atoms with Crippen LogP contribution in [0.2, 0.25) is 0 Å². The van der Waals surface area contributed by atoms with E-state index in [2.05, 4.69) is 36.7 Å². The van der Waals surface area contributed by atoms with E-state index in [1.54, 1.807) is 23.9 Å². The average Bonchev–Trinajstić information content (AvgIpc) is 2.71. The number of ether oxygens (including phenoxy) is 1. The Balaban J connectivity index is 1.72. The summed E-state index contributed by atoms with van der Waals surface area (Å²) < 4.78 is 5.56. The molecule has 1 N–H and O–H groups in total. The number of carboxylic acids is 1. The van der Waals surface area contributed by atoms with Crippen molar-refractivity contribution in [3.8, 4) is 5.75 Å². The van der Waals surface area contributed by atoms with E-state index in [9.17, 15) is 9.90 Å². The lowest BCUT2D eigenvalue weighted by Gasteiger charge is -2.30. The van der Waals surface area contributed by atoms with Crippen molar-refractivity contribution in [3.63, 3.8) is 0 Å². The van der Waals surface area contributed by atoms with Crippen LogP contribution in [-0.2, 0) is 11.3 Å². The number of rotatable bonds is 8. The van der Waals surface area contributed by atoms with E-state index in [1.165, 1.54) is 25.0 Å². The molecule has 0 aliphatic carbocycles. The smallest absolute Gasteiger partial charge is 0.347 e. The van der Waals surface area contributed by atoms with Crippen molar-refractivity contribution < 1.29 is 14.6 Å². The summed E-state index contributed by atoms with van der Waals surface area (Å²) in [7, 11) is 0. The zero-order chi connectivity index (χ0) is 21.0. The Morgan fingerprint density at radius 2 is 2.00 bits per heavy atom. The van der Waals surface area contributed by atoms with Gasteiger partial charge in [-0.25, -0.2) is 4.79 Å². The number of nitrogens with zero attached hydrogens (tertiary/aromatic N) is 2. The van der Waals surface area contributed by atoms with E-state index in [1.807, 2.05) is 24.3 Å². The second-order valence-electron chi connectivity index (χ2n) is 7.46. The van der Waals surface area contributed by atoms with Crippen molar-refractivity contribution in [1.29, 1.82) is 0 Å². The number of hydrogen-bond acceptors (Lipinski definition) is 5. The van der Waals surface area contributed by atoms with Gasteiger partial charge in [0.15, 0.2) is 5.60 Å². The predicted octanol–water partition coefficient (Wildman–Crippen LogP) is 4.82. The summed E-state index contributed by atoms with van der Waals surface area (Å²) in [6.45, 7) is 9.83. The molecule has 0 radical (unpaired) electrons. The van der Waals surface area contributed by atoms with Gasteiger partial charge in [-0.15, -0.1) is 18.3 Å². The van der Waals surface area contributed by atoms with Gasteiger partial charge in [0.2, 0.25) is 0 Å². The number of hydrazone groups is 1. The largest absolute Gasteiger partial charge is 0.478 e. The van der Waals surface area contributed by atoms with Gasteiger partial charge in [-0.2, -0.15) is 5.10 Å². The summed E-state index contributed by atoms with van der Waals surface area (Å²) in [4.78, 5) is 12.3. The summed E-state index contributed by atoms with van der Waals surface area (Å²) in [5.74, 6) is 0.273. The van der Waals surface area contributed by atoms with Crippen LogP contribution in [-0.4, -0.2) is 39.2 Å². The minimum atomic E-state index is -1.26. The monoisotopic (exact) mass is 410 g/mol. The first-order chi connectivity index (χ1) is 13.8. The highest BCUT2D eigenvalue weighted by Gasteiger charge is 2.29. The first-order valence-electron chi connectivity index (χ1n) is 9.50. The quantitative estimate of drug-likeness (QED) is 0.500. The lowest BCUT2D eigenvalue weighted by Crippen LogP contribution is -2.37. The zero-order valence-corrected chi connectivity index (χ0v) is 17.8. The van der Waals surface area contributed by atoms with Crippen LogP contribution in [0.3, 0.4) is 0 Å². The molecule has 2 aromatic rings. The van der Waals surface area contributed by atoms with Crippen LogP contribution in [0.1, 0.15) is 31.9 Å². The summed E-state index contributed by atoms with van der Waals surface area (Å²) in [6.07, 6.45) is 1.90. The molecule has 1 aliphatic heterocycles. The minimum Gasteiger partial charge on any atom is -0.478 e. The Bertz CT molecular complexity index is 922. The fraction of sp³-hybridized carbons (Fsp3) is 0.304. The lowest BCUT2D eigenvalue weighted by molar-refractivity contribution is -0.152. The average molecular weight is 411 g/mol. The number of hydrogen-bond donors (Lipinski definition) is 1. The highest BCUT2D eigenvalue weighted by molar-refractivity contribution is 8.00. The number of carbonyl (C=O) groups is 1. The molecule has 0 aromatic heterocycles. The van der Waals surface area contributed by atoms with Crippen LogP contribution in [0.15, 0.2) is 71.2 Å². The number of benzene rings is 2. The second-order valence-corrected chi connectivity index (χ2v) is 8.50. The van der Waals surface area contributed by atoms with Crippen LogP contribution in [0, 0.1) is 0 Å². The number of carboxylic acid groups (broad SMARTS) is 1. The fourth-order valence-corrected chi connectivity index (χ4v) is 3.76. The van der Waals surface area contributed by atoms with Crippen LogP contribution in [0.4, 0.5) is 0 Å². The van der Waals surface area contributed by atoms with Gasteiger partial charge in [-0.1, -0.05) is 30.3 Å². The molecule has 6 heteroatoms. The molecule has 1 heterocycles. The topological polar surface area (TPSA) is 62.1 Å². The maximum atomic E-state index is 11.2. The first kappa shape index (κ1) is 21.0. The van der Waals surface area contributed by atoms with Crippen LogP contribution in [0.25, 0.3) is 0 Å². The molecule has 2 aromatic carbocycles. The molecule has 0 fully saturated rings. The van der Waals surface area contributed by atoms with E-state index in [4.69, 9.17) is 9.84 Å². The molecule has 1 unspecified atom stereocenters. The molecular formula is C23H26N2O3S. The van der Waals surface area contributed by atoms with Crippen molar-refractivity contribution >= 4 is 23.4 Å². The maximum absolute atomic E-state index is 11.2. The van der Waals surface area contributed by atoms with Gasteiger partial charge < -0.3 is 9.84 Å². The Labute approximate surface area is 176 Å². The summed E-state index contributed by atoms with van der Waals surface area (Å²) >= 11 is 1.69. The molecule has 1 aliphatic rings. The van der Waals surface area contributed by atoms with Gasteiger partial charge in [0.05, 0.1) is 18.3 Å². The third kappa shape index (κ3) is 5.01. The first-order valence-corrected chi connectivity index (χ1v) is 10.5. The molecule has 0 spiro atoms. The van der Waals surface area contributed by atoms with E-state index < -0.39 is 11.6 Å². The molecule has 3 rings (SSSR count). The molecule has 1 atom stereocenters. The normalized spacial score (nSPS) is 14.6. The van der Waals surface area contributed by atoms with E-state index in [-0.39, 0.29) is 6.04 Å². The van der Waals surface area contributed by atoms with Crippen molar-refractivity contribution in [2.24, 2.45) is 5.10 Å². The third-order valence-corrected chi connectivity index (χ3v) is 5.83. The van der Waals surface area contributed by atoms with Gasteiger partial charge >= 0.3 is 5.97 Å². The minimum absolute atomic E-state index is 0.164. The van der Waals surface area contributed by atoms with Gasteiger partial charge in [0, 0.05) is 16.2 Å². The van der Waals surface area contributed by atoms with Crippen molar-refractivity contribution in [2.45, 2.75) is 43.9 Å². The van der Waals surface area contributed by atoms with E-state index >= 15 is 0 Å². The standard InChI is InChI=1S/C23H26N2O3S/c1-5-16(2)25-14-17-8-6-7-9-20(17)21(24-25)15-29-19-12-10-18(11-13-19)28-23(3,4)22(26)27/h5-13,16H,1,14-15H2,2-4H3,(H,26,27). The lowest BCUT2D eigenvalue weighted by atomic mass is 10.0. The third-order valence-electron chi connectivity index (χ3n) is 4.81. The summed E-state index contributed by atoms with van der Waals surface area (Å²) in [5, 5.41) is 16.1. The molecule has 0 bridgehead atoms. The van der Waals surface area contributed by atoms with Gasteiger partial charge in [-0.05, 0) is 50.6 Å². The van der Waals surface area contributed by atoms with Gasteiger partial charge in [0.1, 0.15) is 5.75 Å². The zero-order valence-electron chi connectivity index (χ0n) is 17.0. The molecular weight excluding hydrogens is 384 g/mol. The molecule has 0 saturated heterocycles. The van der Waals surface area contributed by atoms with E-state index in [0.717, 1.165) is 22.9 Å². The molecule has 0 saturated carbocycles. The van der Waals surface area contributed by atoms with Crippen LogP contribution in [0.5, 0.6) is 5.75 Å². The number of fused-ring (bicyclic) bond motifs is 1.